The number of amides is 1. The third-order valence-electron chi connectivity index (χ3n) is 3.72. The Morgan fingerprint density at radius 3 is 2.57 bits per heavy atom. The summed E-state index contributed by atoms with van der Waals surface area (Å²) >= 11 is 9.17. The molecule has 0 saturated carbocycles. The summed E-state index contributed by atoms with van der Waals surface area (Å²) in [7, 11) is -3.86. The van der Waals surface area contributed by atoms with Crippen LogP contribution in [-0.2, 0) is 14.8 Å². The van der Waals surface area contributed by atoms with Crippen molar-refractivity contribution >= 4 is 55.1 Å². The Kier molecular flexibility index (Phi) is 6.91. The minimum absolute atomic E-state index is 0.00644. The molecule has 3 aromatic rings. The molecule has 0 spiro atoms. The Labute approximate surface area is 186 Å². The first-order chi connectivity index (χ1) is 14.2. The SMILES string of the molecule is Cc1ccnc(NS(=O)(=O)c2ccc(NC(=O)COc3ccc(Cl)cc3Br)cc2)n1. The largest absolute Gasteiger partial charge is 0.483 e. The number of anilines is 2. The van der Waals surface area contributed by atoms with Gasteiger partial charge in [-0.15, -0.1) is 0 Å². The van der Waals surface area contributed by atoms with Gasteiger partial charge in [-0.1, -0.05) is 11.6 Å². The van der Waals surface area contributed by atoms with Crippen molar-refractivity contribution in [2.45, 2.75) is 11.8 Å². The quantitative estimate of drug-likeness (QED) is 0.496. The first-order valence-corrected chi connectivity index (χ1v) is 11.2. The summed E-state index contributed by atoms with van der Waals surface area (Å²) in [6.45, 7) is 1.50. The van der Waals surface area contributed by atoms with Gasteiger partial charge in [0.1, 0.15) is 5.75 Å². The summed E-state index contributed by atoms with van der Waals surface area (Å²) in [6.07, 6.45) is 1.46. The fourth-order valence-electron chi connectivity index (χ4n) is 2.33. The predicted molar refractivity (Wildman–Crippen MR) is 117 cm³/mol. The highest BCUT2D eigenvalue weighted by Crippen LogP contribution is 2.28. The second kappa shape index (κ2) is 9.41. The van der Waals surface area contributed by atoms with E-state index in [1.165, 1.54) is 30.5 Å². The van der Waals surface area contributed by atoms with Crippen molar-refractivity contribution < 1.29 is 17.9 Å². The smallest absolute Gasteiger partial charge is 0.264 e. The topological polar surface area (TPSA) is 110 Å². The first kappa shape index (κ1) is 22.0. The Balaban J connectivity index is 1.60. The van der Waals surface area contributed by atoms with Crippen molar-refractivity contribution in [1.82, 2.24) is 9.97 Å². The van der Waals surface area contributed by atoms with E-state index in [2.05, 4.69) is 35.9 Å². The summed E-state index contributed by atoms with van der Waals surface area (Å²) in [5, 5.41) is 3.17. The lowest BCUT2D eigenvalue weighted by Gasteiger charge is -2.10. The molecule has 0 aliphatic carbocycles. The van der Waals surface area contributed by atoms with Crippen LogP contribution in [0.15, 0.2) is 64.1 Å². The maximum absolute atomic E-state index is 12.4. The summed E-state index contributed by atoms with van der Waals surface area (Å²) in [5.74, 6) is 0.0528. The zero-order valence-corrected chi connectivity index (χ0v) is 18.8. The lowest BCUT2D eigenvalue weighted by atomic mass is 10.3. The zero-order chi connectivity index (χ0) is 21.7. The number of hydrogen-bond acceptors (Lipinski definition) is 6. The average molecular weight is 512 g/mol. The number of rotatable bonds is 7. The van der Waals surface area contributed by atoms with E-state index in [0.29, 0.717) is 26.6 Å². The van der Waals surface area contributed by atoms with Gasteiger partial charge in [-0.2, -0.15) is 0 Å². The number of benzene rings is 2. The van der Waals surface area contributed by atoms with Gasteiger partial charge in [0.25, 0.3) is 15.9 Å². The zero-order valence-electron chi connectivity index (χ0n) is 15.6. The molecule has 0 saturated heterocycles. The molecule has 0 atom stereocenters. The number of halogens is 2. The molecular weight excluding hydrogens is 496 g/mol. The average Bonchev–Trinajstić information content (AvgIpc) is 2.67. The van der Waals surface area contributed by atoms with Crippen LogP contribution >= 0.6 is 27.5 Å². The van der Waals surface area contributed by atoms with Gasteiger partial charge in [0.2, 0.25) is 5.95 Å². The van der Waals surface area contributed by atoms with Crippen LogP contribution in [0.4, 0.5) is 11.6 Å². The van der Waals surface area contributed by atoms with E-state index in [0.717, 1.165) is 0 Å². The molecular formula is C19H16BrClN4O4S. The van der Waals surface area contributed by atoms with Crippen LogP contribution in [-0.4, -0.2) is 30.9 Å². The molecule has 2 N–H and O–H groups in total. The monoisotopic (exact) mass is 510 g/mol. The molecule has 0 aliphatic rings. The van der Waals surface area contributed by atoms with Gasteiger partial charge in [-0.25, -0.2) is 23.1 Å². The second-order valence-electron chi connectivity index (χ2n) is 6.06. The highest BCUT2D eigenvalue weighted by molar-refractivity contribution is 9.10. The molecule has 0 aliphatic heterocycles. The van der Waals surface area contributed by atoms with Crippen molar-refractivity contribution in [2.24, 2.45) is 0 Å². The van der Waals surface area contributed by atoms with E-state index in [1.54, 1.807) is 31.2 Å². The number of nitrogens with one attached hydrogen (secondary N) is 2. The van der Waals surface area contributed by atoms with E-state index < -0.39 is 15.9 Å². The number of aromatic nitrogens is 2. The Bertz CT molecular complexity index is 1170. The van der Waals surface area contributed by atoms with Crippen LogP contribution in [0, 0.1) is 6.92 Å². The number of hydrogen-bond donors (Lipinski definition) is 2. The molecule has 1 heterocycles. The Morgan fingerprint density at radius 2 is 1.90 bits per heavy atom. The third kappa shape index (κ3) is 5.91. The molecule has 1 amide bonds. The Morgan fingerprint density at radius 1 is 1.17 bits per heavy atom. The maximum atomic E-state index is 12.4. The summed E-state index contributed by atoms with van der Waals surface area (Å²) in [6, 6.07) is 12.3. The highest BCUT2D eigenvalue weighted by Gasteiger charge is 2.16. The minimum atomic E-state index is -3.86. The van der Waals surface area contributed by atoms with Crippen molar-refractivity contribution in [3.8, 4) is 5.75 Å². The standard InChI is InChI=1S/C19H16BrClN4O4S/c1-12-8-9-22-19(23-12)25-30(27,28)15-5-3-14(4-6-15)24-18(26)11-29-17-7-2-13(21)10-16(17)20/h2-10H,11H2,1H3,(H,24,26)(H,22,23,25). The third-order valence-corrected chi connectivity index (χ3v) is 5.92. The summed E-state index contributed by atoms with van der Waals surface area (Å²) in [5.41, 5.74) is 1.05. The van der Waals surface area contributed by atoms with Gasteiger partial charge in [-0.05, 0) is 71.4 Å². The fourth-order valence-corrected chi connectivity index (χ4v) is 4.08. The predicted octanol–water partition coefficient (Wildman–Crippen LogP) is 4.02. The molecule has 0 unspecified atom stereocenters. The molecule has 156 valence electrons. The van der Waals surface area contributed by atoms with Crippen molar-refractivity contribution in [3.63, 3.8) is 0 Å². The van der Waals surface area contributed by atoms with Gasteiger partial charge in [0, 0.05) is 22.6 Å². The molecule has 11 heteroatoms. The van der Waals surface area contributed by atoms with Gasteiger partial charge >= 0.3 is 0 Å². The molecule has 0 radical (unpaired) electrons. The molecule has 1 aromatic heterocycles. The van der Waals surface area contributed by atoms with E-state index in [9.17, 15) is 13.2 Å². The molecule has 30 heavy (non-hydrogen) atoms. The summed E-state index contributed by atoms with van der Waals surface area (Å²) in [4.78, 5) is 20.0. The number of carbonyl (C=O) groups excluding carboxylic acids is 1. The second-order valence-corrected chi connectivity index (χ2v) is 9.04. The van der Waals surface area contributed by atoms with Crippen molar-refractivity contribution in [3.05, 3.63) is 69.9 Å². The van der Waals surface area contributed by atoms with Gasteiger partial charge in [-0.3, -0.25) is 4.79 Å². The van der Waals surface area contributed by atoms with E-state index in [-0.39, 0.29) is 17.5 Å². The maximum Gasteiger partial charge on any atom is 0.264 e. The lowest BCUT2D eigenvalue weighted by molar-refractivity contribution is -0.118. The molecule has 0 bridgehead atoms. The van der Waals surface area contributed by atoms with E-state index in [4.69, 9.17) is 16.3 Å². The molecule has 3 rings (SSSR count). The number of carbonyl (C=O) groups is 1. The number of sulfonamides is 1. The van der Waals surface area contributed by atoms with Crippen LogP contribution in [0.25, 0.3) is 0 Å². The van der Waals surface area contributed by atoms with Crippen LogP contribution < -0.4 is 14.8 Å². The number of nitrogens with zero attached hydrogens (tertiary/aromatic N) is 2. The highest BCUT2D eigenvalue weighted by atomic mass is 79.9. The van der Waals surface area contributed by atoms with Crippen LogP contribution in [0.1, 0.15) is 5.69 Å². The van der Waals surface area contributed by atoms with Crippen LogP contribution in [0.3, 0.4) is 0 Å². The minimum Gasteiger partial charge on any atom is -0.483 e. The first-order valence-electron chi connectivity index (χ1n) is 8.53. The van der Waals surface area contributed by atoms with Crippen molar-refractivity contribution in [1.29, 1.82) is 0 Å². The van der Waals surface area contributed by atoms with Gasteiger partial charge < -0.3 is 10.1 Å². The molecule has 0 fully saturated rings. The van der Waals surface area contributed by atoms with E-state index >= 15 is 0 Å². The normalized spacial score (nSPS) is 11.0. The van der Waals surface area contributed by atoms with Crippen LogP contribution in [0.5, 0.6) is 5.75 Å². The molecule has 2 aromatic carbocycles. The fraction of sp³-hybridized carbons (Fsp3) is 0.105. The summed E-state index contributed by atoms with van der Waals surface area (Å²) < 4.78 is 33.3. The lowest BCUT2D eigenvalue weighted by Crippen LogP contribution is -2.20. The van der Waals surface area contributed by atoms with Gasteiger partial charge in [0.15, 0.2) is 6.61 Å². The van der Waals surface area contributed by atoms with Gasteiger partial charge in [0.05, 0.1) is 9.37 Å². The molecule has 8 nitrogen and oxygen atoms in total. The van der Waals surface area contributed by atoms with E-state index in [1.807, 2.05) is 0 Å². The van der Waals surface area contributed by atoms with Crippen LogP contribution in [0.2, 0.25) is 5.02 Å². The number of aryl methyl sites for hydroxylation is 1. The number of ether oxygens (including phenoxy) is 1. The Hall–Kier alpha value is -2.69. The van der Waals surface area contributed by atoms with Crippen molar-refractivity contribution in [2.75, 3.05) is 16.6 Å².